The summed E-state index contributed by atoms with van der Waals surface area (Å²) in [5, 5.41) is 9.17. The van der Waals surface area contributed by atoms with Crippen molar-refractivity contribution in [1.29, 1.82) is 0 Å². The molecule has 254 valence electrons. The van der Waals surface area contributed by atoms with E-state index in [1.54, 1.807) is 0 Å². The molecule has 10 rings (SSSR count). The van der Waals surface area contributed by atoms with Crippen LogP contribution in [0.3, 0.4) is 0 Å². The van der Waals surface area contributed by atoms with E-state index in [0.29, 0.717) is 17.5 Å². The van der Waals surface area contributed by atoms with E-state index in [-0.39, 0.29) is 0 Å². The predicted molar refractivity (Wildman–Crippen MR) is 222 cm³/mol. The summed E-state index contributed by atoms with van der Waals surface area (Å²) in [5.74, 6) is 1.86. The SMILES string of the molecule is Cc1nccc2c(-c3cc(-c4nc(-c5ccc6ccccc6c5)nc(-c5ccc6ccccc6c5)n4)cc(-c4cccc5c(C)nccc45)c3)cccc12. The maximum Gasteiger partial charge on any atom is 0.164 e. The van der Waals surface area contributed by atoms with Crippen molar-refractivity contribution < 1.29 is 0 Å². The maximum absolute atomic E-state index is 5.25. The van der Waals surface area contributed by atoms with Crippen molar-refractivity contribution in [3.8, 4) is 56.4 Å². The standard InChI is InChI=1S/C49H33N5/c1-30-41-13-7-15-43(45(41)21-23-50-30)38-27-39(44-16-8-14-42-31(2)51-24-22-46(42)44)29-40(28-38)49-53-47(36-19-17-32-9-3-5-11-34(32)25-36)52-48(54-49)37-20-18-33-10-4-6-12-35(33)26-37/h3-29H,1-2H3. The monoisotopic (exact) mass is 691 g/mol. The molecule has 0 saturated carbocycles. The highest BCUT2D eigenvalue weighted by atomic mass is 15.0. The number of rotatable bonds is 5. The summed E-state index contributed by atoms with van der Waals surface area (Å²) in [6.07, 6.45) is 3.79. The minimum atomic E-state index is 0.607. The Labute approximate surface area is 312 Å². The molecule has 0 unspecified atom stereocenters. The van der Waals surface area contributed by atoms with Crippen molar-refractivity contribution in [3.63, 3.8) is 0 Å². The van der Waals surface area contributed by atoms with E-state index in [1.807, 2.05) is 12.4 Å². The van der Waals surface area contributed by atoms with Crippen molar-refractivity contribution in [1.82, 2.24) is 24.9 Å². The van der Waals surface area contributed by atoms with Crippen LogP contribution in [0.1, 0.15) is 11.4 Å². The van der Waals surface area contributed by atoms with E-state index in [1.165, 1.54) is 10.8 Å². The average molecular weight is 692 g/mol. The molecular weight excluding hydrogens is 659 g/mol. The van der Waals surface area contributed by atoms with Gasteiger partial charge < -0.3 is 0 Å². The first kappa shape index (κ1) is 31.6. The van der Waals surface area contributed by atoms with Gasteiger partial charge in [-0.05, 0) is 111 Å². The Hall–Kier alpha value is -7.11. The molecule has 0 aliphatic heterocycles. The summed E-state index contributed by atoms with van der Waals surface area (Å²) in [6.45, 7) is 4.13. The second kappa shape index (κ2) is 12.8. The lowest BCUT2D eigenvalue weighted by Gasteiger charge is -2.15. The summed E-state index contributed by atoms with van der Waals surface area (Å²) in [7, 11) is 0. The van der Waals surface area contributed by atoms with Crippen LogP contribution >= 0.6 is 0 Å². The van der Waals surface area contributed by atoms with Gasteiger partial charge in [0, 0.05) is 51.2 Å². The summed E-state index contributed by atoms with van der Waals surface area (Å²) in [6, 6.07) is 53.4. The lowest BCUT2D eigenvalue weighted by molar-refractivity contribution is 1.08. The molecule has 0 N–H and O–H groups in total. The minimum absolute atomic E-state index is 0.607. The van der Waals surface area contributed by atoms with E-state index >= 15 is 0 Å². The smallest absolute Gasteiger partial charge is 0.164 e. The molecule has 0 amide bonds. The number of nitrogens with zero attached hydrogens (tertiary/aromatic N) is 5. The lowest BCUT2D eigenvalue weighted by atomic mass is 9.91. The number of hydrogen-bond donors (Lipinski definition) is 0. The van der Waals surface area contributed by atoms with E-state index in [2.05, 4.69) is 175 Å². The third kappa shape index (κ3) is 5.54. The number of aryl methyl sites for hydroxylation is 2. The Kier molecular flexibility index (Phi) is 7.51. The van der Waals surface area contributed by atoms with Crippen LogP contribution in [0.4, 0.5) is 0 Å². The third-order valence-electron chi connectivity index (χ3n) is 10.5. The van der Waals surface area contributed by atoms with E-state index in [4.69, 9.17) is 15.0 Å². The van der Waals surface area contributed by atoms with Crippen LogP contribution in [0.5, 0.6) is 0 Å². The second-order valence-corrected chi connectivity index (χ2v) is 13.8. The summed E-state index contributed by atoms with van der Waals surface area (Å²) < 4.78 is 0. The van der Waals surface area contributed by atoms with Crippen molar-refractivity contribution in [2.24, 2.45) is 0 Å². The van der Waals surface area contributed by atoms with E-state index in [9.17, 15) is 0 Å². The molecule has 0 saturated heterocycles. The molecule has 3 heterocycles. The van der Waals surface area contributed by atoms with Crippen LogP contribution < -0.4 is 0 Å². The van der Waals surface area contributed by atoms with Gasteiger partial charge in [0.15, 0.2) is 17.5 Å². The number of benzene rings is 7. The van der Waals surface area contributed by atoms with Gasteiger partial charge in [-0.2, -0.15) is 0 Å². The molecule has 0 atom stereocenters. The fraction of sp³-hybridized carbons (Fsp3) is 0.0408. The largest absolute Gasteiger partial charge is 0.261 e. The molecule has 0 radical (unpaired) electrons. The van der Waals surface area contributed by atoms with E-state index in [0.717, 1.165) is 82.6 Å². The van der Waals surface area contributed by atoms with Crippen molar-refractivity contribution in [2.75, 3.05) is 0 Å². The van der Waals surface area contributed by atoms with Gasteiger partial charge in [0.05, 0.1) is 0 Å². The van der Waals surface area contributed by atoms with Gasteiger partial charge in [0.1, 0.15) is 0 Å². The normalized spacial score (nSPS) is 11.5. The highest BCUT2D eigenvalue weighted by Gasteiger charge is 2.17. The fourth-order valence-electron chi connectivity index (χ4n) is 7.70. The number of hydrogen-bond acceptors (Lipinski definition) is 5. The van der Waals surface area contributed by atoms with Crippen LogP contribution in [0.2, 0.25) is 0 Å². The van der Waals surface area contributed by atoms with Crippen molar-refractivity contribution in [2.45, 2.75) is 13.8 Å². The molecule has 0 aliphatic rings. The molecule has 0 aliphatic carbocycles. The molecule has 3 aromatic heterocycles. The van der Waals surface area contributed by atoms with Gasteiger partial charge >= 0.3 is 0 Å². The number of aromatic nitrogens is 5. The maximum atomic E-state index is 5.25. The van der Waals surface area contributed by atoms with Gasteiger partial charge in [0.25, 0.3) is 0 Å². The third-order valence-corrected chi connectivity index (χ3v) is 10.5. The summed E-state index contributed by atoms with van der Waals surface area (Å²) in [4.78, 5) is 24.8. The quantitative estimate of drug-likeness (QED) is 0.180. The summed E-state index contributed by atoms with van der Waals surface area (Å²) in [5.41, 5.74) is 9.16. The van der Waals surface area contributed by atoms with E-state index < -0.39 is 0 Å². The average Bonchev–Trinajstić information content (AvgIpc) is 3.23. The van der Waals surface area contributed by atoms with Crippen molar-refractivity contribution >= 4 is 43.1 Å². The molecule has 0 spiro atoms. The Balaban J connectivity index is 1.25. The van der Waals surface area contributed by atoms with Crippen LogP contribution in [0.15, 0.2) is 164 Å². The van der Waals surface area contributed by atoms with Gasteiger partial charge in [-0.15, -0.1) is 0 Å². The highest BCUT2D eigenvalue weighted by Crippen LogP contribution is 2.39. The Morgan fingerprint density at radius 1 is 0.315 bits per heavy atom. The van der Waals surface area contributed by atoms with Crippen LogP contribution in [0.25, 0.3) is 99.5 Å². The molecule has 0 fully saturated rings. The zero-order valence-electron chi connectivity index (χ0n) is 29.8. The van der Waals surface area contributed by atoms with Crippen LogP contribution in [0, 0.1) is 13.8 Å². The van der Waals surface area contributed by atoms with Gasteiger partial charge in [-0.25, -0.2) is 15.0 Å². The number of pyridine rings is 2. The first-order valence-corrected chi connectivity index (χ1v) is 18.2. The Morgan fingerprint density at radius 3 is 1.22 bits per heavy atom. The zero-order valence-corrected chi connectivity index (χ0v) is 29.8. The number of fused-ring (bicyclic) bond motifs is 4. The van der Waals surface area contributed by atoms with Crippen LogP contribution in [-0.4, -0.2) is 24.9 Å². The first-order chi connectivity index (χ1) is 26.6. The zero-order chi connectivity index (χ0) is 36.2. The first-order valence-electron chi connectivity index (χ1n) is 18.2. The molecule has 5 heteroatoms. The molecule has 7 aromatic carbocycles. The van der Waals surface area contributed by atoms with Crippen molar-refractivity contribution in [3.05, 3.63) is 175 Å². The summed E-state index contributed by atoms with van der Waals surface area (Å²) >= 11 is 0. The molecule has 10 aromatic rings. The molecule has 0 bridgehead atoms. The van der Waals surface area contributed by atoms with Crippen LogP contribution in [-0.2, 0) is 0 Å². The topological polar surface area (TPSA) is 64.5 Å². The van der Waals surface area contributed by atoms with Gasteiger partial charge in [0.2, 0.25) is 0 Å². The predicted octanol–water partition coefficient (Wildman–Crippen LogP) is 12.2. The minimum Gasteiger partial charge on any atom is -0.261 e. The lowest BCUT2D eigenvalue weighted by Crippen LogP contribution is -2.01. The molecular formula is C49H33N5. The molecule has 54 heavy (non-hydrogen) atoms. The Morgan fingerprint density at radius 2 is 0.741 bits per heavy atom. The highest BCUT2D eigenvalue weighted by molar-refractivity contribution is 6.02. The van der Waals surface area contributed by atoms with Gasteiger partial charge in [-0.1, -0.05) is 109 Å². The van der Waals surface area contributed by atoms with Gasteiger partial charge in [-0.3, -0.25) is 9.97 Å². The Bertz CT molecular complexity index is 2890. The molecule has 5 nitrogen and oxygen atoms in total. The second-order valence-electron chi connectivity index (χ2n) is 13.8. The fourth-order valence-corrected chi connectivity index (χ4v) is 7.70.